The molecule has 0 radical (unpaired) electrons. The van der Waals surface area contributed by atoms with Crippen molar-refractivity contribution in [2.75, 3.05) is 18.0 Å². The fraction of sp³-hybridized carbons (Fsp3) is 0.385. The Hall–Kier alpha value is -1.17. The zero-order chi connectivity index (χ0) is 13.2. The third-order valence-electron chi connectivity index (χ3n) is 3.06. The minimum Gasteiger partial charge on any atom is -0.367 e. The average molecular weight is 296 g/mol. The van der Waals surface area contributed by atoms with Crippen molar-refractivity contribution in [3.8, 4) is 0 Å². The fourth-order valence-electron chi connectivity index (χ4n) is 2.23. The fourth-order valence-corrected chi connectivity index (χ4v) is 3.03. The van der Waals surface area contributed by atoms with Crippen molar-refractivity contribution < 1.29 is 4.74 Å². The van der Waals surface area contributed by atoms with Crippen LogP contribution in [0.1, 0.15) is 18.6 Å². The molecule has 19 heavy (non-hydrogen) atoms. The molecule has 4 nitrogen and oxygen atoms in total. The predicted octanol–water partition coefficient (Wildman–Crippen LogP) is 3.16. The predicted molar refractivity (Wildman–Crippen MR) is 76.9 cm³/mol. The van der Waals surface area contributed by atoms with Gasteiger partial charge in [-0.25, -0.2) is 9.97 Å². The Morgan fingerprint density at radius 2 is 2.16 bits per heavy atom. The molecule has 1 aliphatic rings. The molecule has 6 heteroatoms. The number of aromatic nitrogens is 2. The first-order valence-electron chi connectivity index (χ1n) is 6.12. The number of hydrogen-bond acceptors (Lipinski definition) is 5. The Labute approximate surface area is 121 Å². The number of thiophene rings is 1. The Morgan fingerprint density at radius 1 is 1.37 bits per heavy atom. The van der Waals surface area contributed by atoms with Crippen molar-refractivity contribution >= 4 is 28.9 Å². The zero-order valence-corrected chi connectivity index (χ0v) is 12.1. The second-order valence-corrected chi connectivity index (χ2v) is 5.81. The van der Waals surface area contributed by atoms with Crippen LogP contribution < -0.4 is 4.90 Å². The van der Waals surface area contributed by atoms with Gasteiger partial charge in [0.25, 0.3) is 0 Å². The van der Waals surface area contributed by atoms with Crippen LogP contribution in [-0.2, 0) is 4.74 Å². The lowest BCUT2D eigenvalue weighted by molar-refractivity contribution is -0.0176. The quantitative estimate of drug-likeness (QED) is 0.853. The standard InChI is InChI=1S/C13H14ClN3OS/c1-9-6-17(13-15-4-11(14)5-16-13)7-12(18-9)10-2-3-19-8-10/h2-5,8-9,12H,6-7H2,1H3/t9-,12+/m1/s1. The molecule has 2 atom stereocenters. The van der Waals surface area contributed by atoms with E-state index in [-0.39, 0.29) is 12.2 Å². The van der Waals surface area contributed by atoms with Gasteiger partial charge in [0.2, 0.25) is 5.95 Å². The number of morpholine rings is 1. The summed E-state index contributed by atoms with van der Waals surface area (Å²) in [5, 5.41) is 4.75. The van der Waals surface area contributed by atoms with Crippen LogP contribution in [-0.4, -0.2) is 29.2 Å². The van der Waals surface area contributed by atoms with E-state index in [1.165, 1.54) is 5.56 Å². The van der Waals surface area contributed by atoms with Crippen molar-refractivity contribution in [1.29, 1.82) is 0 Å². The summed E-state index contributed by atoms with van der Waals surface area (Å²) < 4.78 is 5.99. The first kappa shape index (κ1) is 12.8. The van der Waals surface area contributed by atoms with Gasteiger partial charge in [-0.1, -0.05) is 11.6 Å². The van der Waals surface area contributed by atoms with Gasteiger partial charge in [-0.2, -0.15) is 11.3 Å². The van der Waals surface area contributed by atoms with Gasteiger partial charge < -0.3 is 9.64 Å². The van der Waals surface area contributed by atoms with Crippen molar-refractivity contribution in [1.82, 2.24) is 9.97 Å². The Kier molecular flexibility index (Phi) is 3.68. The van der Waals surface area contributed by atoms with Gasteiger partial charge >= 0.3 is 0 Å². The van der Waals surface area contributed by atoms with Gasteiger partial charge in [-0.3, -0.25) is 0 Å². The van der Waals surface area contributed by atoms with E-state index < -0.39 is 0 Å². The number of hydrogen-bond donors (Lipinski definition) is 0. The van der Waals surface area contributed by atoms with E-state index in [2.05, 4.69) is 38.6 Å². The summed E-state index contributed by atoms with van der Waals surface area (Å²) in [7, 11) is 0. The second-order valence-electron chi connectivity index (χ2n) is 4.60. The molecule has 0 unspecified atom stereocenters. The van der Waals surface area contributed by atoms with Crippen LogP contribution in [0.15, 0.2) is 29.2 Å². The Balaban J connectivity index is 1.80. The molecule has 2 aromatic heterocycles. The Bertz CT molecular complexity index is 531. The molecule has 0 N–H and O–H groups in total. The van der Waals surface area contributed by atoms with Gasteiger partial charge in [0.1, 0.15) is 6.10 Å². The molecular weight excluding hydrogens is 282 g/mol. The number of nitrogens with zero attached hydrogens (tertiary/aromatic N) is 3. The molecule has 3 rings (SSSR count). The summed E-state index contributed by atoms with van der Waals surface area (Å²) >= 11 is 7.51. The molecule has 100 valence electrons. The summed E-state index contributed by atoms with van der Waals surface area (Å²) in [5.41, 5.74) is 1.22. The van der Waals surface area contributed by atoms with E-state index in [0.29, 0.717) is 11.0 Å². The lowest BCUT2D eigenvalue weighted by Gasteiger charge is -2.36. The van der Waals surface area contributed by atoms with E-state index in [9.17, 15) is 0 Å². The van der Waals surface area contributed by atoms with Crippen LogP contribution in [0.5, 0.6) is 0 Å². The SMILES string of the molecule is C[C@@H]1CN(c2ncc(Cl)cn2)C[C@@H](c2ccsc2)O1. The highest BCUT2D eigenvalue weighted by atomic mass is 35.5. The van der Waals surface area contributed by atoms with E-state index in [0.717, 1.165) is 13.1 Å². The minimum atomic E-state index is 0.0780. The second kappa shape index (κ2) is 5.45. The average Bonchev–Trinajstić information content (AvgIpc) is 2.93. The summed E-state index contributed by atoms with van der Waals surface area (Å²) in [6.45, 7) is 3.63. The van der Waals surface area contributed by atoms with Crippen LogP contribution in [0, 0.1) is 0 Å². The lowest BCUT2D eigenvalue weighted by atomic mass is 10.1. The van der Waals surface area contributed by atoms with Crippen LogP contribution >= 0.6 is 22.9 Å². The van der Waals surface area contributed by atoms with Gasteiger partial charge in [0.15, 0.2) is 0 Å². The maximum atomic E-state index is 5.99. The van der Waals surface area contributed by atoms with Gasteiger partial charge in [0, 0.05) is 6.54 Å². The van der Waals surface area contributed by atoms with E-state index >= 15 is 0 Å². The van der Waals surface area contributed by atoms with Crippen LogP contribution in [0.4, 0.5) is 5.95 Å². The van der Waals surface area contributed by atoms with Crippen LogP contribution in [0.25, 0.3) is 0 Å². The van der Waals surface area contributed by atoms with Gasteiger partial charge in [0.05, 0.1) is 30.1 Å². The highest BCUT2D eigenvalue weighted by Crippen LogP contribution is 2.28. The first-order chi connectivity index (χ1) is 9.22. The third kappa shape index (κ3) is 2.88. The van der Waals surface area contributed by atoms with Crippen molar-refractivity contribution in [3.63, 3.8) is 0 Å². The Morgan fingerprint density at radius 3 is 2.84 bits per heavy atom. The largest absolute Gasteiger partial charge is 0.367 e. The molecule has 0 spiro atoms. The molecule has 0 saturated carbocycles. The topological polar surface area (TPSA) is 38.2 Å². The molecule has 0 bridgehead atoms. The molecule has 2 aromatic rings. The number of rotatable bonds is 2. The highest BCUT2D eigenvalue weighted by Gasteiger charge is 2.28. The lowest BCUT2D eigenvalue weighted by Crippen LogP contribution is -2.43. The number of ether oxygens (including phenoxy) is 1. The summed E-state index contributed by atoms with van der Waals surface area (Å²) in [6.07, 6.45) is 3.49. The highest BCUT2D eigenvalue weighted by molar-refractivity contribution is 7.07. The minimum absolute atomic E-state index is 0.0780. The monoisotopic (exact) mass is 295 g/mol. The van der Waals surface area contributed by atoms with E-state index in [1.54, 1.807) is 23.7 Å². The van der Waals surface area contributed by atoms with Crippen molar-refractivity contribution in [2.45, 2.75) is 19.1 Å². The number of anilines is 1. The van der Waals surface area contributed by atoms with Crippen molar-refractivity contribution in [2.24, 2.45) is 0 Å². The smallest absolute Gasteiger partial charge is 0.225 e. The summed E-state index contributed by atoms with van der Waals surface area (Å²) in [4.78, 5) is 10.7. The molecule has 0 amide bonds. The summed E-state index contributed by atoms with van der Waals surface area (Å²) in [6, 6.07) is 2.11. The van der Waals surface area contributed by atoms with Crippen LogP contribution in [0.2, 0.25) is 5.02 Å². The summed E-state index contributed by atoms with van der Waals surface area (Å²) in [5.74, 6) is 0.708. The van der Waals surface area contributed by atoms with Crippen LogP contribution in [0.3, 0.4) is 0 Å². The molecule has 1 aliphatic heterocycles. The molecule has 0 aromatic carbocycles. The maximum Gasteiger partial charge on any atom is 0.225 e. The van der Waals surface area contributed by atoms with Gasteiger partial charge in [-0.15, -0.1) is 0 Å². The zero-order valence-electron chi connectivity index (χ0n) is 10.5. The van der Waals surface area contributed by atoms with Crippen molar-refractivity contribution in [3.05, 3.63) is 39.8 Å². The van der Waals surface area contributed by atoms with Gasteiger partial charge in [-0.05, 0) is 29.3 Å². The number of halogens is 1. The third-order valence-corrected chi connectivity index (χ3v) is 3.96. The normalized spacial score (nSPS) is 23.6. The molecule has 1 saturated heterocycles. The first-order valence-corrected chi connectivity index (χ1v) is 7.44. The molecule has 0 aliphatic carbocycles. The maximum absolute atomic E-state index is 5.99. The van der Waals surface area contributed by atoms with E-state index in [1.807, 2.05) is 0 Å². The van der Waals surface area contributed by atoms with E-state index in [4.69, 9.17) is 16.3 Å². The molecule has 3 heterocycles. The molecule has 1 fully saturated rings. The molecular formula is C13H14ClN3OS.